The van der Waals surface area contributed by atoms with Crippen molar-refractivity contribution >= 4 is 34.5 Å². The van der Waals surface area contributed by atoms with Gasteiger partial charge in [-0.15, -0.1) is 0 Å². The number of anilines is 3. The van der Waals surface area contributed by atoms with Gasteiger partial charge in [0.25, 0.3) is 5.88 Å². The van der Waals surface area contributed by atoms with Crippen molar-refractivity contribution in [3.05, 3.63) is 39.7 Å². The van der Waals surface area contributed by atoms with Gasteiger partial charge in [-0.3, -0.25) is 10.1 Å². The number of rotatable bonds is 4. The highest BCUT2D eigenvalue weighted by atomic mass is 35.5. The first kappa shape index (κ1) is 13.8. The molecular formula is C11H10ClN5O3. The first-order chi connectivity index (χ1) is 9.52. The maximum Gasteiger partial charge on any atom is 0.373 e. The molecule has 0 saturated heterocycles. The Morgan fingerprint density at radius 3 is 2.85 bits per heavy atom. The van der Waals surface area contributed by atoms with E-state index < -0.39 is 4.92 Å². The lowest BCUT2D eigenvalue weighted by molar-refractivity contribution is -0.385. The maximum absolute atomic E-state index is 11.1. The number of aromatic nitrogens is 2. The number of nitrogen functional groups attached to an aromatic ring is 1. The molecule has 0 saturated carbocycles. The Hall–Kier alpha value is -2.61. The van der Waals surface area contributed by atoms with Crippen LogP contribution >= 0.6 is 11.6 Å². The van der Waals surface area contributed by atoms with E-state index in [4.69, 9.17) is 22.1 Å². The van der Waals surface area contributed by atoms with Gasteiger partial charge in [-0.05, 0) is 18.2 Å². The molecule has 0 aliphatic carbocycles. The fourth-order valence-electron chi connectivity index (χ4n) is 1.53. The van der Waals surface area contributed by atoms with Crippen LogP contribution in [0.4, 0.5) is 22.9 Å². The molecule has 9 heteroatoms. The van der Waals surface area contributed by atoms with E-state index in [9.17, 15) is 10.1 Å². The fourth-order valence-corrected chi connectivity index (χ4v) is 1.70. The Morgan fingerprint density at radius 2 is 2.20 bits per heavy atom. The van der Waals surface area contributed by atoms with Crippen molar-refractivity contribution < 1.29 is 9.66 Å². The van der Waals surface area contributed by atoms with Crippen molar-refractivity contribution in [2.45, 2.75) is 0 Å². The number of ether oxygens (including phenoxy) is 1. The van der Waals surface area contributed by atoms with E-state index in [1.165, 1.54) is 7.11 Å². The summed E-state index contributed by atoms with van der Waals surface area (Å²) in [7, 11) is 1.28. The molecule has 0 spiro atoms. The number of nitrogens with zero attached hydrogens (tertiary/aromatic N) is 3. The van der Waals surface area contributed by atoms with E-state index in [0.717, 1.165) is 6.33 Å². The second-order valence-corrected chi connectivity index (χ2v) is 4.11. The summed E-state index contributed by atoms with van der Waals surface area (Å²) in [5.74, 6) is -0.179. The van der Waals surface area contributed by atoms with Crippen LogP contribution < -0.4 is 15.8 Å². The van der Waals surface area contributed by atoms with Gasteiger partial charge >= 0.3 is 5.69 Å². The molecule has 1 heterocycles. The number of benzene rings is 1. The first-order valence-electron chi connectivity index (χ1n) is 5.38. The third-order valence-corrected chi connectivity index (χ3v) is 2.74. The van der Waals surface area contributed by atoms with Gasteiger partial charge in [0.2, 0.25) is 5.82 Å². The molecule has 0 radical (unpaired) electrons. The predicted octanol–water partition coefficient (Wildman–Crippen LogP) is 2.37. The lowest BCUT2D eigenvalue weighted by Crippen LogP contribution is -2.04. The van der Waals surface area contributed by atoms with Crippen molar-refractivity contribution in [2.75, 3.05) is 18.2 Å². The molecule has 20 heavy (non-hydrogen) atoms. The largest absolute Gasteiger partial charge is 0.476 e. The van der Waals surface area contributed by atoms with Crippen molar-refractivity contribution in [1.82, 2.24) is 9.97 Å². The van der Waals surface area contributed by atoms with Crippen molar-refractivity contribution in [3.63, 3.8) is 0 Å². The standard InChI is InChI=1S/C11H10ClN5O3/c1-20-11-9(17(18)19)10(14-5-15-11)16-8-4-6(13)2-3-7(8)12/h2-5H,13H2,1H3,(H,14,15,16). The van der Waals surface area contributed by atoms with Crippen LogP contribution in [0.3, 0.4) is 0 Å². The molecule has 2 rings (SSSR count). The maximum atomic E-state index is 11.1. The minimum Gasteiger partial charge on any atom is -0.476 e. The Labute approximate surface area is 118 Å². The van der Waals surface area contributed by atoms with E-state index in [1.54, 1.807) is 18.2 Å². The van der Waals surface area contributed by atoms with Gasteiger partial charge in [-0.1, -0.05) is 11.6 Å². The van der Waals surface area contributed by atoms with Crippen LogP contribution in [0.5, 0.6) is 5.88 Å². The number of nitrogens with two attached hydrogens (primary N) is 1. The molecule has 1 aromatic carbocycles. The van der Waals surface area contributed by atoms with E-state index >= 15 is 0 Å². The van der Waals surface area contributed by atoms with E-state index in [0.29, 0.717) is 16.4 Å². The minimum atomic E-state index is -0.638. The van der Waals surface area contributed by atoms with Crippen molar-refractivity contribution in [1.29, 1.82) is 0 Å². The molecule has 0 fully saturated rings. The second kappa shape index (κ2) is 5.57. The minimum absolute atomic E-state index is 0.0330. The van der Waals surface area contributed by atoms with Gasteiger partial charge in [0, 0.05) is 5.69 Å². The zero-order chi connectivity index (χ0) is 14.7. The highest BCUT2D eigenvalue weighted by molar-refractivity contribution is 6.33. The number of halogens is 1. The zero-order valence-corrected chi connectivity index (χ0v) is 11.1. The number of hydrogen-bond donors (Lipinski definition) is 2. The fraction of sp³-hybridized carbons (Fsp3) is 0.0909. The van der Waals surface area contributed by atoms with E-state index in [1.807, 2.05) is 0 Å². The topological polar surface area (TPSA) is 116 Å². The summed E-state index contributed by atoms with van der Waals surface area (Å²) in [6.45, 7) is 0. The lowest BCUT2D eigenvalue weighted by Gasteiger charge is -2.09. The molecule has 0 atom stereocenters. The Kier molecular flexibility index (Phi) is 3.85. The van der Waals surface area contributed by atoms with Gasteiger partial charge in [0.05, 0.1) is 22.7 Å². The normalized spacial score (nSPS) is 10.1. The smallest absolute Gasteiger partial charge is 0.373 e. The Morgan fingerprint density at radius 1 is 1.45 bits per heavy atom. The average Bonchev–Trinajstić information content (AvgIpc) is 2.42. The summed E-state index contributed by atoms with van der Waals surface area (Å²) in [6.07, 6.45) is 1.15. The monoisotopic (exact) mass is 295 g/mol. The van der Waals surface area contributed by atoms with Gasteiger partial charge < -0.3 is 15.8 Å². The van der Waals surface area contributed by atoms with Gasteiger partial charge in [-0.25, -0.2) is 4.98 Å². The third-order valence-electron chi connectivity index (χ3n) is 2.41. The SMILES string of the molecule is COc1ncnc(Nc2cc(N)ccc2Cl)c1[N+](=O)[O-]. The zero-order valence-electron chi connectivity index (χ0n) is 10.3. The Balaban J connectivity index is 2.48. The highest BCUT2D eigenvalue weighted by Crippen LogP contribution is 2.34. The molecule has 0 bridgehead atoms. The van der Waals surface area contributed by atoms with Gasteiger partial charge in [0.15, 0.2) is 0 Å². The number of nitro groups is 1. The number of methoxy groups -OCH3 is 1. The molecular weight excluding hydrogens is 286 g/mol. The van der Waals surface area contributed by atoms with Crippen LogP contribution in [-0.4, -0.2) is 22.0 Å². The quantitative estimate of drug-likeness (QED) is 0.505. The summed E-state index contributed by atoms with van der Waals surface area (Å²) in [6, 6.07) is 4.73. The summed E-state index contributed by atoms with van der Waals surface area (Å²) < 4.78 is 4.85. The van der Waals surface area contributed by atoms with Crippen LogP contribution in [0.1, 0.15) is 0 Å². The van der Waals surface area contributed by atoms with Crippen molar-refractivity contribution in [2.24, 2.45) is 0 Å². The molecule has 8 nitrogen and oxygen atoms in total. The van der Waals surface area contributed by atoms with Gasteiger partial charge in [-0.2, -0.15) is 4.98 Å². The summed E-state index contributed by atoms with van der Waals surface area (Å²) in [4.78, 5) is 18.0. The third kappa shape index (κ3) is 2.69. The van der Waals surface area contributed by atoms with Gasteiger partial charge in [0.1, 0.15) is 6.33 Å². The number of hydrogen-bond acceptors (Lipinski definition) is 7. The second-order valence-electron chi connectivity index (χ2n) is 3.70. The molecule has 0 aliphatic rings. The highest BCUT2D eigenvalue weighted by Gasteiger charge is 2.24. The molecule has 3 N–H and O–H groups in total. The molecule has 0 amide bonds. The molecule has 0 aliphatic heterocycles. The van der Waals surface area contributed by atoms with E-state index in [-0.39, 0.29) is 17.4 Å². The van der Waals surface area contributed by atoms with Crippen LogP contribution in [0.25, 0.3) is 0 Å². The summed E-state index contributed by atoms with van der Waals surface area (Å²) in [5.41, 5.74) is 6.12. The molecule has 0 unspecified atom stereocenters. The lowest BCUT2D eigenvalue weighted by atomic mass is 10.2. The summed E-state index contributed by atoms with van der Waals surface area (Å²) in [5, 5.41) is 14.2. The predicted molar refractivity (Wildman–Crippen MR) is 74.4 cm³/mol. The molecule has 2 aromatic rings. The molecule has 1 aromatic heterocycles. The van der Waals surface area contributed by atoms with Crippen LogP contribution in [0, 0.1) is 10.1 Å². The van der Waals surface area contributed by atoms with E-state index in [2.05, 4.69) is 15.3 Å². The van der Waals surface area contributed by atoms with Crippen LogP contribution in [0.15, 0.2) is 24.5 Å². The van der Waals surface area contributed by atoms with Crippen LogP contribution in [-0.2, 0) is 0 Å². The number of nitrogens with one attached hydrogen (secondary N) is 1. The van der Waals surface area contributed by atoms with Crippen molar-refractivity contribution in [3.8, 4) is 5.88 Å². The molecule has 104 valence electrons. The first-order valence-corrected chi connectivity index (χ1v) is 5.76. The average molecular weight is 296 g/mol. The summed E-state index contributed by atoms with van der Waals surface area (Å²) >= 11 is 5.99. The Bertz CT molecular complexity index is 665. The van der Waals surface area contributed by atoms with Crippen LogP contribution in [0.2, 0.25) is 5.02 Å².